The SMILES string of the molecule is CC(C)CCNS(=O)(=O)c1cccc(C(=O)NCCc2ccccc2)c1. The third-order valence-electron chi connectivity index (χ3n) is 3.96. The van der Waals surface area contributed by atoms with Crippen LogP contribution in [0.25, 0.3) is 0 Å². The molecule has 0 fully saturated rings. The molecule has 1 amide bonds. The van der Waals surface area contributed by atoms with Gasteiger partial charge in [0.25, 0.3) is 5.91 Å². The Hall–Kier alpha value is -2.18. The van der Waals surface area contributed by atoms with Crippen molar-refractivity contribution in [2.24, 2.45) is 5.92 Å². The summed E-state index contributed by atoms with van der Waals surface area (Å²) in [6.07, 6.45) is 1.49. The molecule has 0 unspecified atom stereocenters. The summed E-state index contributed by atoms with van der Waals surface area (Å²) in [4.78, 5) is 12.4. The predicted octanol–water partition coefficient (Wildman–Crippen LogP) is 2.98. The van der Waals surface area contributed by atoms with Crippen LogP contribution in [0.4, 0.5) is 0 Å². The molecule has 2 rings (SSSR count). The minimum absolute atomic E-state index is 0.108. The minimum atomic E-state index is -3.61. The molecule has 0 aliphatic heterocycles. The summed E-state index contributed by atoms with van der Waals surface area (Å²) in [7, 11) is -3.61. The lowest BCUT2D eigenvalue weighted by Gasteiger charge is -2.10. The van der Waals surface area contributed by atoms with Gasteiger partial charge in [-0.2, -0.15) is 0 Å². The average Bonchev–Trinajstić information content (AvgIpc) is 2.62. The van der Waals surface area contributed by atoms with Crippen molar-refractivity contribution >= 4 is 15.9 Å². The predicted molar refractivity (Wildman–Crippen MR) is 104 cm³/mol. The van der Waals surface area contributed by atoms with E-state index in [9.17, 15) is 13.2 Å². The second-order valence-electron chi connectivity index (χ2n) is 6.60. The van der Waals surface area contributed by atoms with E-state index in [1.54, 1.807) is 12.1 Å². The van der Waals surface area contributed by atoms with E-state index in [4.69, 9.17) is 0 Å². The Morgan fingerprint density at radius 1 is 1.00 bits per heavy atom. The number of carbonyl (C=O) groups excluding carboxylic acids is 1. The molecule has 0 atom stereocenters. The molecule has 0 aliphatic carbocycles. The average molecular weight is 375 g/mol. The van der Waals surface area contributed by atoms with Gasteiger partial charge in [0.05, 0.1) is 4.90 Å². The molecule has 26 heavy (non-hydrogen) atoms. The van der Waals surface area contributed by atoms with Crippen LogP contribution < -0.4 is 10.0 Å². The van der Waals surface area contributed by atoms with Crippen LogP contribution in [0.1, 0.15) is 36.2 Å². The summed E-state index contributed by atoms with van der Waals surface area (Å²) >= 11 is 0. The molecule has 0 saturated carbocycles. The van der Waals surface area contributed by atoms with E-state index in [2.05, 4.69) is 10.0 Å². The Balaban J connectivity index is 1.95. The van der Waals surface area contributed by atoms with Crippen LogP contribution >= 0.6 is 0 Å². The molecule has 2 N–H and O–H groups in total. The topological polar surface area (TPSA) is 75.3 Å². The van der Waals surface area contributed by atoms with Crippen LogP contribution in [0, 0.1) is 5.92 Å². The first-order valence-corrected chi connectivity index (χ1v) is 10.3. The van der Waals surface area contributed by atoms with E-state index in [0.29, 0.717) is 24.6 Å². The lowest BCUT2D eigenvalue weighted by Crippen LogP contribution is -2.27. The quantitative estimate of drug-likeness (QED) is 0.708. The normalized spacial score (nSPS) is 11.5. The third-order valence-corrected chi connectivity index (χ3v) is 5.42. The molecular weight excluding hydrogens is 348 g/mol. The number of sulfonamides is 1. The third kappa shape index (κ3) is 6.28. The monoisotopic (exact) mass is 374 g/mol. The number of hydrogen-bond donors (Lipinski definition) is 2. The van der Waals surface area contributed by atoms with E-state index in [1.165, 1.54) is 12.1 Å². The van der Waals surface area contributed by atoms with Crippen LogP contribution in [0.2, 0.25) is 0 Å². The standard InChI is InChI=1S/C20H26N2O3S/c1-16(2)11-14-22-26(24,25)19-10-6-9-18(15-19)20(23)21-13-12-17-7-4-3-5-8-17/h3-10,15-16,22H,11-14H2,1-2H3,(H,21,23). The van der Waals surface area contributed by atoms with Gasteiger partial charge in [-0.05, 0) is 42.5 Å². The lowest BCUT2D eigenvalue weighted by molar-refractivity contribution is 0.0954. The van der Waals surface area contributed by atoms with Crippen LogP contribution in [0.3, 0.4) is 0 Å². The van der Waals surface area contributed by atoms with E-state index in [-0.39, 0.29) is 10.8 Å². The van der Waals surface area contributed by atoms with Gasteiger partial charge in [0, 0.05) is 18.7 Å². The van der Waals surface area contributed by atoms with Crippen molar-refractivity contribution in [2.45, 2.75) is 31.6 Å². The first kappa shape index (κ1) is 20.1. The van der Waals surface area contributed by atoms with Crippen molar-refractivity contribution in [3.05, 3.63) is 65.7 Å². The Kier molecular flexibility index (Phi) is 7.36. The zero-order chi connectivity index (χ0) is 19.0. The molecule has 0 aliphatic rings. The van der Waals surface area contributed by atoms with Crippen molar-refractivity contribution in [3.63, 3.8) is 0 Å². The second kappa shape index (κ2) is 9.50. The Morgan fingerprint density at radius 2 is 1.73 bits per heavy atom. The number of rotatable bonds is 9. The zero-order valence-electron chi connectivity index (χ0n) is 15.2. The van der Waals surface area contributed by atoms with Gasteiger partial charge >= 0.3 is 0 Å². The largest absolute Gasteiger partial charge is 0.352 e. The fraction of sp³-hybridized carbons (Fsp3) is 0.350. The summed E-state index contributed by atoms with van der Waals surface area (Å²) in [5.74, 6) is 0.139. The van der Waals surface area contributed by atoms with Crippen LogP contribution in [-0.4, -0.2) is 27.4 Å². The van der Waals surface area contributed by atoms with E-state index in [1.807, 2.05) is 44.2 Å². The molecule has 0 aromatic heterocycles. The molecule has 0 bridgehead atoms. The molecule has 5 nitrogen and oxygen atoms in total. The summed E-state index contributed by atoms with van der Waals surface area (Å²) in [5.41, 5.74) is 1.48. The molecule has 6 heteroatoms. The van der Waals surface area contributed by atoms with Gasteiger partial charge in [-0.1, -0.05) is 50.2 Å². The van der Waals surface area contributed by atoms with Crippen molar-refractivity contribution in [1.82, 2.24) is 10.0 Å². The molecule has 2 aromatic carbocycles. The van der Waals surface area contributed by atoms with Crippen molar-refractivity contribution < 1.29 is 13.2 Å². The lowest BCUT2D eigenvalue weighted by atomic mass is 10.1. The second-order valence-corrected chi connectivity index (χ2v) is 8.37. The first-order valence-electron chi connectivity index (χ1n) is 8.80. The maximum absolute atomic E-state index is 12.3. The van der Waals surface area contributed by atoms with Crippen LogP contribution in [0.15, 0.2) is 59.5 Å². The minimum Gasteiger partial charge on any atom is -0.352 e. The highest BCUT2D eigenvalue weighted by Gasteiger charge is 2.16. The maximum atomic E-state index is 12.3. The molecular formula is C20H26N2O3S. The number of amides is 1. The summed E-state index contributed by atoms with van der Waals surface area (Å²) < 4.78 is 27.3. The Bertz CT molecular complexity index is 818. The fourth-order valence-electron chi connectivity index (χ4n) is 2.44. The summed E-state index contributed by atoms with van der Waals surface area (Å²) in [6.45, 7) is 4.95. The zero-order valence-corrected chi connectivity index (χ0v) is 16.1. The highest BCUT2D eigenvalue weighted by atomic mass is 32.2. The number of hydrogen-bond acceptors (Lipinski definition) is 3. The van der Waals surface area contributed by atoms with E-state index < -0.39 is 10.0 Å². The highest BCUT2D eigenvalue weighted by molar-refractivity contribution is 7.89. The Labute approximate surface area is 155 Å². The van der Waals surface area contributed by atoms with Crippen molar-refractivity contribution in [2.75, 3.05) is 13.1 Å². The van der Waals surface area contributed by atoms with Gasteiger partial charge in [-0.25, -0.2) is 13.1 Å². The van der Waals surface area contributed by atoms with Crippen LogP contribution in [0.5, 0.6) is 0 Å². The first-order chi connectivity index (χ1) is 12.4. The van der Waals surface area contributed by atoms with Gasteiger partial charge in [-0.3, -0.25) is 4.79 Å². The molecule has 0 spiro atoms. The Morgan fingerprint density at radius 3 is 2.42 bits per heavy atom. The van der Waals surface area contributed by atoms with Crippen molar-refractivity contribution in [1.29, 1.82) is 0 Å². The number of benzene rings is 2. The van der Waals surface area contributed by atoms with E-state index in [0.717, 1.165) is 18.4 Å². The van der Waals surface area contributed by atoms with Gasteiger partial charge < -0.3 is 5.32 Å². The van der Waals surface area contributed by atoms with Gasteiger partial charge in [-0.15, -0.1) is 0 Å². The van der Waals surface area contributed by atoms with Crippen molar-refractivity contribution in [3.8, 4) is 0 Å². The molecule has 140 valence electrons. The number of nitrogens with one attached hydrogen (secondary N) is 2. The molecule has 0 saturated heterocycles. The fourth-order valence-corrected chi connectivity index (χ4v) is 3.53. The van der Waals surface area contributed by atoms with E-state index >= 15 is 0 Å². The highest BCUT2D eigenvalue weighted by Crippen LogP contribution is 2.12. The molecule has 2 aromatic rings. The van der Waals surface area contributed by atoms with Gasteiger partial charge in [0.2, 0.25) is 10.0 Å². The maximum Gasteiger partial charge on any atom is 0.251 e. The number of carbonyl (C=O) groups is 1. The molecule has 0 radical (unpaired) electrons. The summed E-state index contributed by atoms with van der Waals surface area (Å²) in [5, 5.41) is 2.83. The molecule has 0 heterocycles. The smallest absolute Gasteiger partial charge is 0.251 e. The summed E-state index contributed by atoms with van der Waals surface area (Å²) in [6, 6.07) is 16.0. The van der Waals surface area contributed by atoms with Gasteiger partial charge in [0.1, 0.15) is 0 Å². The van der Waals surface area contributed by atoms with Gasteiger partial charge in [0.15, 0.2) is 0 Å². The van der Waals surface area contributed by atoms with Crippen LogP contribution in [-0.2, 0) is 16.4 Å².